The molecular weight excluding hydrogens is 272 g/mol. The maximum absolute atomic E-state index is 5.99. The van der Waals surface area contributed by atoms with Crippen LogP contribution in [0.2, 0.25) is 4.34 Å². The number of hydrogen-bond donors (Lipinski definition) is 0. The van der Waals surface area contributed by atoms with Crippen LogP contribution in [0.4, 0.5) is 0 Å². The molecule has 0 saturated carbocycles. The minimum atomic E-state index is 0.515. The van der Waals surface area contributed by atoms with Gasteiger partial charge in [0.15, 0.2) is 5.82 Å². The SMILES string of the molecule is Clc1snnc1Cn1ccnc1-c1cnccn1. The molecule has 0 aliphatic heterocycles. The van der Waals surface area contributed by atoms with Gasteiger partial charge in [-0.3, -0.25) is 4.98 Å². The fourth-order valence-corrected chi connectivity index (χ4v) is 2.15. The molecule has 0 spiro atoms. The van der Waals surface area contributed by atoms with Crippen LogP contribution in [-0.2, 0) is 6.54 Å². The smallest absolute Gasteiger partial charge is 0.160 e. The summed E-state index contributed by atoms with van der Waals surface area (Å²) in [4.78, 5) is 12.5. The Kier molecular flexibility index (Phi) is 2.99. The number of hydrogen-bond acceptors (Lipinski definition) is 6. The third-order valence-electron chi connectivity index (χ3n) is 2.34. The summed E-state index contributed by atoms with van der Waals surface area (Å²) in [6.07, 6.45) is 8.47. The molecule has 0 unspecified atom stereocenters. The Morgan fingerprint density at radius 3 is 2.89 bits per heavy atom. The summed E-state index contributed by atoms with van der Waals surface area (Å²) in [5.74, 6) is 0.729. The number of rotatable bonds is 3. The second-order valence-electron chi connectivity index (χ2n) is 3.46. The van der Waals surface area contributed by atoms with Gasteiger partial charge in [0.25, 0.3) is 0 Å². The van der Waals surface area contributed by atoms with Gasteiger partial charge in [-0.2, -0.15) is 0 Å². The van der Waals surface area contributed by atoms with Crippen LogP contribution < -0.4 is 0 Å². The van der Waals surface area contributed by atoms with Crippen molar-refractivity contribution in [2.24, 2.45) is 0 Å². The zero-order valence-electron chi connectivity index (χ0n) is 9.06. The molecule has 3 heterocycles. The Balaban J connectivity index is 1.95. The van der Waals surface area contributed by atoms with E-state index in [1.165, 1.54) is 11.5 Å². The monoisotopic (exact) mass is 278 g/mol. The Morgan fingerprint density at radius 1 is 1.22 bits per heavy atom. The quantitative estimate of drug-likeness (QED) is 0.732. The highest BCUT2D eigenvalue weighted by Crippen LogP contribution is 2.20. The molecule has 0 saturated heterocycles. The summed E-state index contributed by atoms with van der Waals surface area (Å²) >= 11 is 7.16. The van der Waals surface area contributed by atoms with E-state index in [-0.39, 0.29) is 0 Å². The first-order valence-electron chi connectivity index (χ1n) is 5.09. The second-order valence-corrected chi connectivity index (χ2v) is 4.82. The molecule has 0 bridgehead atoms. The van der Waals surface area contributed by atoms with Gasteiger partial charge in [0.05, 0.1) is 12.7 Å². The van der Waals surface area contributed by atoms with Crippen molar-refractivity contribution in [2.75, 3.05) is 0 Å². The van der Waals surface area contributed by atoms with Gasteiger partial charge >= 0.3 is 0 Å². The molecule has 6 nitrogen and oxygen atoms in total. The highest BCUT2D eigenvalue weighted by atomic mass is 35.5. The van der Waals surface area contributed by atoms with Crippen LogP contribution in [0.15, 0.2) is 31.0 Å². The van der Waals surface area contributed by atoms with E-state index in [2.05, 4.69) is 24.5 Å². The van der Waals surface area contributed by atoms with E-state index < -0.39 is 0 Å². The lowest BCUT2D eigenvalue weighted by atomic mass is 10.4. The Hall–Kier alpha value is -1.86. The van der Waals surface area contributed by atoms with Crippen molar-refractivity contribution >= 4 is 23.1 Å². The van der Waals surface area contributed by atoms with Crippen molar-refractivity contribution in [1.82, 2.24) is 29.1 Å². The molecule has 0 aromatic carbocycles. The Bertz CT molecular complexity index is 649. The van der Waals surface area contributed by atoms with Gasteiger partial charge in [0, 0.05) is 36.3 Å². The molecule has 0 aliphatic carbocycles. The molecule has 3 aromatic rings. The van der Waals surface area contributed by atoms with Crippen molar-refractivity contribution in [3.8, 4) is 11.5 Å². The number of aromatic nitrogens is 6. The van der Waals surface area contributed by atoms with Gasteiger partial charge in [0.1, 0.15) is 15.7 Å². The van der Waals surface area contributed by atoms with Gasteiger partial charge < -0.3 is 4.57 Å². The van der Waals surface area contributed by atoms with E-state index in [0.29, 0.717) is 16.6 Å². The Labute approximate surface area is 111 Å². The summed E-state index contributed by atoms with van der Waals surface area (Å²) in [6.45, 7) is 0.515. The van der Waals surface area contributed by atoms with Crippen LogP contribution >= 0.6 is 23.1 Å². The predicted octanol–water partition coefficient (Wildman–Crippen LogP) is 1.89. The molecule has 0 fully saturated rings. The first-order chi connectivity index (χ1) is 8.84. The first-order valence-corrected chi connectivity index (χ1v) is 6.24. The van der Waals surface area contributed by atoms with Gasteiger partial charge in [-0.1, -0.05) is 16.1 Å². The summed E-state index contributed by atoms with van der Waals surface area (Å²) in [5.41, 5.74) is 1.44. The summed E-state index contributed by atoms with van der Waals surface area (Å²) in [5, 5.41) is 3.98. The lowest BCUT2D eigenvalue weighted by molar-refractivity contribution is 0.773. The van der Waals surface area contributed by atoms with Crippen LogP contribution in [0.25, 0.3) is 11.5 Å². The van der Waals surface area contributed by atoms with Crippen molar-refractivity contribution in [3.05, 3.63) is 41.0 Å². The maximum atomic E-state index is 5.99. The van der Waals surface area contributed by atoms with Crippen LogP contribution in [-0.4, -0.2) is 29.1 Å². The summed E-state index contributed by atoms with van der Waals surface area (Å²) in [6, 6.07) is 0. The average molecular weight is 279 g/mol. The number of halogens is 1. The van der Waals surface area contributed by atoms with Crippen LogP contribution in [0.5, 0.6) is 0 Å². The van der Waals surface area contributed by atoms with E-state index in [1.54, 1.807) is 24.8 Å². The van der Waals surface area contributed by atoms with Gasteiger partial charge in [-0.15, -0.1) is 5.10 Å². The van der Waals surface area contributed by atoms with Crippen LogP contribution in [0.3, 0.4) is 0 Å². The largest absolute Gasteiger partial charge is 0.323 e. The highest BCUT2D eigenvalue weighted by molar-refractivity contribution is 7.10. The molecular formula is C10H7ClN6S. The summed E-state index contributed by atoms with van der Waals surface area (Å²) < 4.78 is 6.30. The van der Waals surface area contributed by atoms with E-state index in [0.717, 1.165) is 11.5 Å². The minimum absolute atomic E-state index is 0.515. The molecule has 90 valence electrons. The molecule has 0 radical (unpaired) electrons. The molecule has 8 heteroatoms. The van der Waals surface area contributed by atoms with Crippen LogP contribution in [0, 0.1) is 0 Å². The molecule has 0 atom stereocenters. The molecule has 0 aliphatic rings. The molecule has 0 amide bonds. The molecule has 18 heavy (non-hydrogen) atoms. The van der Waals surface area contributed by atoms with Gasteiger partial charge in [0.2, 0.25) is 0 Å². The van der Waals surface area contributed by atoms with Crippen molar-refractivity contribution < 1.29 is 0 Å². The minimum Gasteiger partial charge on any atom is -0.323 e. The normalized spacial score (nSPS) is 10.7. The van der Waals surface area contributed by atoms with E-state index in [9.17, 15) is 0 Å². The molecule has 0 N–H and O–H groups in total. The maximum Gasteiger partial charge on any atom is 0.160 e. The lowest BCUT2D eigenvalue weighted by Crippen LogP contribution is -2.03. The van der Waals surface area contributed by atoms with Gasteiger partial charge in [-0.25, -0.2) is 9.97 Å². The predicted molar refractivity (Wildman–Crippen MR) is 67.3 cm³/mol. The average Bonchev–Trinajstić information content (AvgIpc) is 3.01. The number of imidazole rings is 1. The lowest BCUT2D eigenvalue weighted by Gasteiger charge is -2.04. The van der Waals surface area contributed by atoms with Crippen molar-refractivity contribution in [1.29, 1.82) is 0 Å². The van der Waals surface area contributed by atoms with Crippen molar-refractivity contribution in [2.45, 2.75) is 6.54 Å². The topological polar surface area (TPSA) is 69.4 Å². The van der Waals surface area contributed by atoms with E-state index >= 15 is 0 Å². The van der Waals surface area contributed by atoms with Crippen LogP contribution in [0.1, 0.15) is 5.69 Å². The molecule has 3 rings (SSSR count). The highest BCUT2D eigenvalue weighted by Gasteiger charge is 2.11. The fraction of sp³-hybridized carbons (Fsp3) is 0.100. The standard InChI is InChI=1S/C10H7ClN6S/c11-9-8(15-16-18-9)6-17-4-3-14-10(17)7-5-12-1-2-13-7/h1-5H,6H2. The number of nitrogens with zero attached hydrogens (tertiary/aromatic N) is 6. The summed E-state index contributed by atoms with van der Waals surface area (Å²) in [7, 11) is 0. The third-order valence-corrected chi connectivity index (χ3v) is 3.32. The zero-order chi connectivity index (χ0) is 12.4. The second kappa shape index (κ2) is 4.79. The third kappa shape index (κ3) is 2.09. The fourth-order valence-electron chi connectivity index (χ4n) is 1.54. The van der Waals surface area contributed by atoms with E-state index in [4.69, 9.17) is 11.6 Å². The first kappa shape index (κ1) is 11.2. The Morgan fingerprint density at radius 2 is 2.17 bits per heavy atom. The molecule has 3 aromatic heterocycles. The van der Waals surface area contributed by atoms with Gasteiger partial charge in [-0.05, 0) is 0 Å². The zero-order valence-corrected chi connectivity index (χ0v) is 10.6. The van der Waals surface area contributed by atoms with E-state index in [1.807, 2.05) is 10.8 Å². The van der Waals surface area contributed by atoms with Crippen molar-refractivity contribution in [3.63, 3.8) is 0 Å².